The van der Waals surface area contributed by atoms with Crippen LogP contribution in [-0.2, 0) is 20.7 Å². The minimum absolute atomic E-state index is 0.0253. The first kappa shape index (κ1) is 33.9. The lowest BCUT2D eigenvalue weighted by Crippen LogP contribution is -2.72. The van der Waals surface area contributed by atoms with E-state index in [1.54, 1.807) is 32.1 Å². The van der Waals surface area contributed by atoms with E-state index in [1.807, 2.05) is 52.8 Å². The molecule has 0 amide bonds. The van der Waals surface area contributed by atoms with E-state index in [-0.39, 0.29) is 40.4 Å². The largest absolute Gasteiger partial charge is 0.506 e. The summed E-state index contributed by atoms with van der Waals surface area (Å²) < 4.78 is 20.6. The summed E-state index contributed by atoms with van der Waals surface area (Å²) in [4.78, 5) is 40.9. The fraction of sp³-hybridized carbons (Fsp3) is 0.513. The van der Waals surface area contributed by atoms with Crippen molar-refractivity contribution in [1.29, 1.82) is 0 Å². The normalized spacial score (nSPS) is 31.1. The van der Waals surface area contributed by atoms with Crippen molar-refractivity contribution in [3.8, 4) is 17.2 Å². The number of phenolic OH excluding ortho intramolecular Hbond substituents is 1. The lowest BCUT2D eigenvalue weighted by molar-refractivity contribution is -0.171. The summed E-state index contributed by atoms with van der Waals surface area (Å²) in [6.07, 6.45) is 14.3. The third-order valence-electron chi connectivity index (χ3n) is 10.6. The van der Waals surface area contributed by atoms with E-state index >= 15 is 0 Å². The summed E-state index contributed by atoms with van der Waals surface area (Å²) in [7, 11) is 0. The molecule has 3 N–H and O–H groups in total. The predicted molar refractivity (Wildman–Crippen MR) is 180 cm³/mol. The highest BCUT2D eigenvalue weighted by atomic mass is 16.6. The number of ether oxygens (including phenoxy) is 3. The van der Waals surface area contributed by atoms with E-state index < -0.39 is 51.6 Å². The van der Waals surface area contributed by atoms with Gasteiger partial charge in [-0.15, -0.1) is 0 Å². The molecular weight excluding hydrogens is 612 g/mol. The van der Waals surface area contributed by atoms with Gasteiger partial charge in [-0.1, -0.05) is 36.0 Å². The fourth-order valence-electron chi connectivity index (χ4n) is 8.27. The molecule has 0 aromatic heterocycles. The van der Waals surface area contributed by atoms with Gasteiger partial charge in [0, 0.05) is 35.0 Å². The first-order valence-electron chi connectivity index (χ1n) is 16.7. The maximum atomic E-state index is 14.7. The molecule has 1 unspecified atom stereocenters. The highest BCUT2D eigenvalue weighted by Crippen LogP contribution is 2.68. The second-order valence-corrected chi connectivity index (χ2v) is 15.5. The molecule has 1 saturated heterocycles. The van der Waals surface area contributed by atoms with Crippen LogP contribution in [0, 0.1) is 11.8 Å². The van der Waals surface area contributed by atoms with Crippen molar-refractivity contribution in [2.75, 3.05) is 0 Å². The number of Topliss-reactive ketones (excluding diaryl/α,β-unsaturated/α-hetero) is 2. The van der Waals surface area contributed by atoms with E-state index in [9.17, 15) is 29.7 Å². The number of aliphatic carboxylic acids is 1. The highest BCUT2D eigenvalue weighted by Gasteiger charge is 2.81. The number of carbonyl (C=O) groups excluding carboxylic acids is 2. The summed E-state index contributed by atoms with van der Waals surface area (Å²) in [5.74, 6) is -2.50. The Labute approximate surface area is 281 Å². The average Bonchev–Trinajstić information content (AvgIpc) is 3.14. The van der Waals surface area contributed by atoms with E-state index in [0.717, 1.165) is 5.57 Å². The van der Waals surface area contributed by atoms with Crippen LogP contribution in [0.15, 0.2) is 53.2 Å². The van der Waals surface area contributed by atoms with E-state index in [1.165, 1.54) is 13.0 Å². The van der Waals surface area contributed by atoms with Gasteiger partial charge in [0.05, 0.1) is 16.8 Å². The highest BCUT2D eigenvalue weighted by molar-refractivity contribution is 6.19. The lowest BCUT2D eigenvalue weighted by atomic mass is 9.51. The number of ketones is 2. The van der Waals surface area contributed by atoms with Crippen LogP contribution in [0.3, 0.4) is 0 Å². The van der Waals surface area contributed by atoms with Gasteiger partial charge in [-0.3, -0.25) is 9.59 Å². The average molecular weight is 659 g/mol. The summed E-state index contributed by atoms with van der Waals surface area (Å²) in [5.41, 5.74) is -3.46. The maximum absolute atomic E-state index is 14.7. The van der Waals surface area contributed by atoms with Crippen LogP contribution in [-0.4, -0.2) is 60.9 Å². The topological polar surface area (TPSA) is 140 Å². The fourth-order valence-corrected chi connectivity index (χ4v) is 8.27. The molecule has 1 spiro atoms. The summed E-state index contributed by atoms with van der Waals surface area (Å²) >= 11 is 0. The Bertz CT molecular complexity index is 1780. The number of phenols is 1. The molecule has 1 aromatic carbocycles. The molecule has 0 radical (unpaired) electrons. The summed E-state index contributed by atoms with van der Waals surface area (Å²) in [6.45, 7) is 14.5. The Morgan fingerprint density at radius 3 is 2.44 bits per heavy atom. The number of aromatic hydroxyl groups is 1. The van der Waals surface area contributed by atoms with Gasteiger partial charge in [0.15, 0.2) is 22.8 Å². The number of carboxylic acids is 1. The van der Waals surface area contributed by atoms with Crippen molar-refractivity contribution < 1.29 is 43.9 Å². The summed E-state index contributed by atoms with van der Waals surface area (Å²) in [6, 6.07) is 0. The Kier molecular flexibility index (Phi) is 7.80. The predicted octanol–water partition coefficient (Wildman–Crippen LogP) is 6.60. The van der Waals surface area contributed by atoms with Gasteiger partial charge in [0.25, 0.3) is 0 Å². The van der Waals surface area contributed by atoms with Crippen LogP contribution in [0.2, 0.25) is 0 Å². The van der Waals surface area contributed by atoms with Gasteiger partial charge in [-0.05, 0) is 93.2 Å². The molecule has 3 aliphatic heterocycles. The number of hydrogen-bond donors (Lipinski definition) is 3. The standard InChI is InChI=1S/C39H46O9/c1-21(2)11-12-25-31-24(14-17-37(8,46-31)16-10-9-15-35(4,5)45)29(40)28-30(41)26-19-23-20-27-36(6,7)48-38(33(23)42,18-13-22(3)34(43)44)39(26,27)47-32(25)28/h9,11,13-15,17,19,23,27,40,45H,10,12,16,18,20H2,1-8H3,(H,43,44)/b15-9+,22-13-/t23-,27+,37?,38+,39-/m1/s1. The van der Waals surface area contributed by atoms with Crippen LogP contribution in [0.4, 0.5) is 0 Å². The van der Waals surface area contributed by atoms with Crippen molar-refractivity contribution >= 4 is 23.6 Å². The van der Waals surface area contributed by atoms with Crippen LogP contribution in [0.25, 0.3) is 6.08 Å². The van der Waals surface area contributed by atoms with Crippen LogP contribution >= 0.6 is 0 Å². The Morgan fingerprint density at radius 1 is 1.08 bits per heavy atom. The molecule has 5 atom stereocenters. The molecule has 9 nitrogen and oxygen atoms in total. The van der Waals surface area contributed by atoms with Gasteiger partial charge in [0.1, 0.15) is 28.4 Å². The van der Waals surface area contributed by atoms with Crippen LogP contribution < -0.4 is 9.47 Å². The van der Waals surface area contributed by atoms with E-state index in [0.29, 0.717) is 42.6 Å². The first-order chi connectivity index (χ1) is 22.3. The SMILES string of the molecule is CC(C)=CCc1c2c(c(O)c3c1O[C@]14C(=C[C@@H]5C[C@H]1C(C)(C)O[C@@]4(C/C=C(/C)C(=O)O)C5=O)C3=O)C=CC(C)(CC/C=C/C(C)(C)O)O2. The van der Waals surface area contributed by atoms with Gasteiger partial charge in [0.2, 0.25) is 0 Å². The number of hydrogen-bond acceptors (Lipinski definition) is 8. The maximum Gasteiger partial charge on any atom is 0.330 e. The third kappa shape index (κ3) is 5.00. The minimum atomic E-state index is -1.65. The molecule has 3 aliphatic carbocycles. The molecular formula is C39H46O9. The van der Waals surface area contributed by atoms with Crippen molar-refractivity contribution in [1.82, 2.24) is 0 Å². The van der Waals surface area contributed by atoms with Gasteiger partial charge in [-0.2, -0.15) is 0 Å². The number of benzene rings is 1. The van der Waals surface area contributed by atoms with Crippen molar-refractivity contribution in [2.24, 2.45) is 11.8 Å². The Morgan fingerprint density at radius 2 is 1.79 bits per heavy atom. The van der Waals surface area contributed by atoms with Gasteiger partial charge < -0.3 is 29.5 Å². The van der Waals surface area contributed by atoms with Crippen LogP contribution in [0.1, 0.15) is 103 Å². The van der Waals surface area contributed by atoms with E-state index in [2.05, 4.69) is 0 Å². The number of allylic oxidation sites excluding steroid dienone is 4. The van der Waals surface area contributed by atoms with Gasteiger partial charge in [-0.25, -0.2) is 4.79 Å². The number of fused-ring (bicyclic) bond motifs is 2. The molecule has 6 aliphatic rings. The molecule has 2 fully saturated rings. The number of carbonyl (C=O) groups is 3. The zero-order valence-electron chi connectivity index (χ0n) is 29.0. The van der Waals surface area contributed by atoms with Crippen molar-refractivity contribution in [3.05, 3.63) is 69.9 Å². The number of rotatable bonds is 9. The molecule has 1 aromatic rings. The smallest absolute Gasteiger partial charge is 0.330 e. The Balaban J connectivity index is 1.54. The molecule has 7 rings (SSSR count). The van der Waals surface area contributed by atoms with Crippen LogP contribution in [0.5, 0.6) is 17.2 Å². The second-order valence-electron chi connectivity index (χ2n) is 15.5. The lowest BCUT2D eigenvalue weighted by Gasteiger charge is -2.56. The molecule has 48 heavy (non-hydrogen) atoms. The molecule has 4 bridgehead atoms. The zero-order valence-corrected chi connectivity index (χ0v) is 29.0. The quantitative estimate of drug-likeness (QED) is 0.198. The third-order valence-corrected chi connectivity index (χ3v) is 10.6. The van der Waals surface area contributed by atoms with Crippen molar-refractivity contribution in [3.63, 3.8) is 0 Å². The number of aliphatic hydroxyl groups is 1. The Hall–Kier alpha value is -3.95. The summed E-state index contributed by atoms with van der Waals surface area (Å²) in [5, 5.41) is 31.6. The molecule has 1 saturated carbocycles. The second kappa shape index (κ2) is 11.0. The molecule has 3 heterocycles. The number of carboxylic acid groups (broad SMARTS) is 1. The van der Waals surface area contributed by atoms with Gasteiger partial charge >= 0.3 is 5.97 Å². The minimum Gasteiger partial charge on any atom is -0.506 e. The zero-order chi connectivity index (χ0) is 35.2. The van der Waals surface area contributed by atoms with E-state index in [4.69, 9.17) is 14.2 Å². The monoisotopic (exact) mass is 658 g/mol. The van der Waals surface area contributed by atoms with Crippen molar-refractivity contribution in [2.45, 2.75) is 115 Å². The molecule has 9 heteroatoms. The first-order valence-corrected chi connectivity index (χ1v) is 16.7. The molecule has 256 valence electrons.